The van der Waals surface area contributed by atoms with E-state index in [1.54, 1.807) is 12.1 Å². The highest BCUT2D eigenvalue weighted by molar-refractivity contribution is 7.93. The molecular formula is C21H23ClO8S. The zero-order valence-electron chi connectivity index (χ0n) is 17.4. The number of carbonyl (C=O) groups is 1. The molecule has 0 radical (unpaired) electrons. The van der Waals surface area contributed by atoms with E-state index < -0.39 is 21.2 Å². The number of hydrogen-bond acceptors (Lipinski definition) is 7. The van der Waals surface area contributed by atoms with E-state index in [0.717, 1.165) is 5.41 Å². The summed E-state index contributed by atoms with van der Waals surface area (Å²) in [6, 6.07) is 7.64. The molecule has 0 aliphatic carbocycles. The Morgan fingerprint density at radius 1 is 1.00 bits per heavy atom. The summed E-state index contributed by atoms with van der Waals surface area (Å²) in [5.41, 5.74) is 0.962. The van der Waals surface area contributed by atoms with Gasteiger partial charge in [0.1, 0.15) is 23.0 Å². The smallest absolute Gasteiger partial charge is 0.326 e. The van der Waals surface area contributed by atoms with E-state index in [2.05, 4.69) is 0 Å². The average molecular weight is 471 g/mol. The summed E-state index contributed by atoms with van der Waals surface area (Å²) >= 11 is 5.92. The summed E-state index contributed by atoms with van der Waals surface area (Å²) in [6.45, 7) is 0. The van der Waals surface area contributed by atoms with E-state index in [4.69, 9.17) is 30.5 Å². The van der Waals surface area contributed by atoms with Crippen LogP contribution in [0, 0.1) is 0 Å². The van der Waals surface area contributed by atoms with Gasteiger partial charge in [0.2, 0.25) is 0 Å². The van der Waals surface area contributed by atoms with Crippen molar-refractivity contribution >= 4 is 33.5 Å². The van der Waals surface area contributed by atoms with Crippen molar-refractivity contribution in [3.05, 3.63) is 52.4 Å². The van der Waals surface area contributed by atoms with Crippen molar-refractivity contribution in [3.63, 3.8) is 0 Å². The van der Waals surface area contributed by atoms with Gasteiger partial charge in [0.05, 0.1) is 39.8 Å². The van der Waals surface area contributed by atoms with Crippen LogP contribution in [-0.2, 0) is 20.4 Å². The Balaban J connectivity index is 2.37. The normalized spacial score (nSPS) is 12.4. The third-order valence-corrected chi connectivity index (χ3v) is 6.06. The molecule has 0 aliphatic rings. The number of halogens is 1. The van der Waals surface area contributed by atoms with Crippen LogP contribution in [0.1, 0.15) is 22.1 Å². The molecule has 0 heterocycles. The highest BCUT2D eigenvalue weighted by atomic mass is 35.5. The van der Waals surface area contributed by atoms with Gasteiger partial charge in [-0.25, -0.2) is 8.42 Å². The van der Waals surface area contributed by atoms with Gasteiger partial charge in [-0.15, -0.1) is 11.6 Å². The maximum atomic E-state index is 12.7. The molecule has 0 spiro atoms. The summed E-state index contributed by atoms with van der Waals surface area (Å²) in [7, 11) is 2.03. The molecule has 2 rings (SSSR count). The number of hydrogen-bond donors (Lipinski definition) is 1. The Morgan fingerprint density at radius 3 is 2.06 bits per heavy atom. The maximum absolute atomic E-state index is 12.7. The van der Waals surface area contributed by atoms with Crippen molar-refractivity contribution in [1.82, 2.24) is 0 Å². The maximum Gasteiger partial charge on any atom is 0.326 e. The predicted octanol–water partition coefficient (Wildman–Crippen LogP) is 3.67. The van der Waals surface area contributed by atoms with Gasteiger partial charge < -0.3 is 24.1 Å². The molecule has 0 fully saturated rings. The SMILES string of the molecule is COc1cc(OC)c(C=CS(=O)(=O)Cc2ccc(OC)c(C(Cl)C(=O)O)c2)c(OC)c1. The van der Waals surface area contributed by atoms with Crippen LogP contribution < -0.4 is 18.9 Å². The molecule has 2 aromatic rings. The summed E-state index contributed by atoms with van der Waals surface area (Å²) in [4.78, 5) is 11.2. The average Bonchev–Trinajstić information content (AvgIpc) is 2.75. The van der Waals surface area contributed by atoms with E-state index >= 15 is 0 Å². The molecule has 1 N–H and O–H groups in total. The molecule has 10 heteroatoms. The Morgan fingerprint density at radius 2 is 1.58 bits per heavy atom. The minimum atomic E-state index is -3.73. The molecule has 1 unspecified atom stereocenters. The Labute approximate surface area is 185 Å². The van der Waals surface area contributed by atoms with Crippen LogP contribution in [0.5, 0.6) is 23.0 Å². The van der Waals surface area contributed by atoms with Gasteiger partial charge in [0, 0.05) is 23.1 Å². The van der Waals surface area contributed by atoms with Crippen LogP contribution in [0.4, 0.5) is 0 Å². The second-order valence-electron chi connectivity index (χ2n) is 6.33. The lowest BCUT2D eigenvalue weighted by molar-refractivity contribution is -0.136. The highest BCUT2D eigenvalue weighted by Crippen LogP contribution is 2.35. The number of sulfone groups is 1. The van der Waals surface area contributed by atoms with E-state index in [-0.39, 0.29) is 17.1 Å². The van der Waals surface area contributed by atoms with Gasteiger partial charge in [0.15, 0.2) is 15.2 Å². The van der Waals surface area contributed by atoms with Crippen molar-refractivity contribution in [1.29, 1.82) is 0 Å². The van der Waals surface area contributed by atoms with Crippen molar-refractivity contribution in [2.24, 2.45) is 0 Å². The lowest BCUT2D eigenvalue weighted by atomic mass is 10.1. The van der Waals surface area contributed by atoms with Crippen molar-refractivity contribution in [3.8, 4) is 23.0 Å². The van der Waals surface area contributed by atoms with Gasteiger partial charge in [-0.05, 0) is 23.8 Å². The third-order valence-electron chi connectivity index (χ3n) is 4.35. The van der Waals surface area contributed by atoms with Gasteiger partial charge in [-0.2, -0.15) is 0 Å². The fourth-order valence-corrected chi connectivity index (χ4v) is 4.11. The molecule has 0 aliphatic heterocycles. The molecule has 0 aromatic heterocycles. The monoisotopic (exact) mass is 470 g/mol. The molecule has 2 aromatic carbocycles. The van der Waals surface area contributed by atoms with Gasteiger partial charge >= 0.3 is 5.97 Å². The van der Waals surface area contributed by atoms with Crippen LogP contribution in [0.3, 0.4) is 0 Å². The first-order valence-corrected chi connectivity index (χ1v) is 11.1. The van der Waals surface area contributed by atoms with Crippen molar-refractivity contribution in [2.75, 3.05) is 28.4 Å². The van der Waals surface area contributed by atoms with Crippen molar-refractivity contribution < 1.29 is 37.3 Å². The Kier molecular flexibility index (Phi) is 8.18. The molecular weight excluding hydrogens is 448 g/mol. The van der Waals surface area contributed by atoms with Crippen molar-refractivity contribution in [2.45, 2.75) is 11.1 Å². The lowest BCUT2D eigenvalue weighted by Crippen LogP contribution is -2.08. The number of carboxylic acids is 1. The zero-order valence-corrected chi connectivity index (χ0v) is 19.0. The first-order valence-electron chi connectivity index (χ1n) is 8.90. The Hall–Kier alpha value is -2.91. The van der Waals surface area contributed by atoms with Gasteiger partial charge in [0.25, 0.3) is 0 Å². The zero-order chi connectivity index (χ0) is 23.2. The second kappa shape index (κ2) is 10.4. The molecule has 8 nitrogen and oxygen atoms in total. The number of methoxy groups -OCH3 is 4. The van der Waals surface area contributed by atoms with E-state index in [0.29, 0.717) is 28.4 Å². The molecule has 1 atom stereocenters. The van der Waals surface area contributed by atoms with Crippen LogP contribution in [0.2, 0.25) is 0 Å². The minimum absolute atomic E-state index is 0.173. The molecule has 0 saturated carbocycles. The first kappa shape index (κ1) is 24.4. The molecule has 0 amide bonds. The molecule has 0 saturated heterocycles. The predicted molar refractivity (Wildman–Crippen MR) is 117 cm³/mol. The van der Waals surface area contributed by atoms with Gasteiger partial charge in [-0.3, -0.25) is 4.79 Å². The highest BCUT2D eigenvalue weighted by Gasteiger charge is 2.22. The quantitative estimate of drug-likeness (QED) is 0.524. The number of aliphatic carboxylic acids is 1. The summed E-state index contributed by atoms with van der Waals surface area (Å²) in [6.07, 6.45) is 1.37. The molecule has 168 valence electrons. The number of ether oxygens (including phenoxy) is 4. The lowest BCUT2D eigenvalue weighted by Gasteiger charge is -2.13. The molecule has 0 bridgehead atoms. The van der Waals surface area contributed by atoms with Crippen LogP contribution in [-0.4, -0.2) is 47.9 Å². The summed E-state index contributed by atoms with van der Waals surface area (Å²) in [5.74, 6) is -0.134. The number of rotatable bonds is 10. The minimum Gasteiger partial charge on any atom is -0.496 e. The fourth-order valence-electron chi connectivity index (χ4n) is 2.85. The number of alkyl halides is 1. The standard InChI is InChI=1S/C21H23ClO8S/c1-27-14-10-18(29-3)15(19(11-14)30-4)7-8-31(25,26)12-13-5-6-17(28-2)16(9-13)20(22)21(23)24/h5-11,20H,12H2,1-4H3,(H,23,24). The topological polar surface area (TPSA) is 108 Å². The van der Waals surface area contributed by atoms with Gasteiger partial charge in [-0.1, -0.05) is 6.07 Å². The Bertz CT molecular complexity index is 1050. The summed E-state index contributed by atoms with van der Waals surface area (Å²) in [5, 5.41) is 8.84. The van der Waals surface area contributed by atoms with Crippen LogP contribution in [0.25, 0.3) is 6.08 Å². The van der Waals surface area contributed by atoms with E-state index in [9.17, 15) is 18.3 Å². The van der Waals surface area contributed by atoms with E-state index in [1.807, 2.05) is 0 Å². The fraction of sp³-hybridized carbons (Fsp3) is 0.286. The summed E-state index contributed by atoms with van der Waals surface area (Å²) < 4.78 is 46.3. The first-order chi connectivity index (χ1) is 14.6. The van der Waals surface area contributed by atoms with Crippen LogP contribution >= 0.6 is 11.6 Å². The third kappa shape index (κ3) is 6.05. The number of carboxylic acid groups (broad SMARTS) is 1. The largest absolute Gasteiger partial charge is 0.496 e. The van der Waals surface area contributed by atoms with Crippen LogP contribution in [0.15, 0.2) is 35.7 Å². The molecule has 31 heavy (non-hydrogen) atoms. The van der Waals surface area contributed by atoms with E-state index in [1.165, 1.54) is 52.7 Å². The second-order valence-corrected chi connectivity index (χ2v) is 8.66. The number of benzene rings is 2.